The molecule has 114 valence electrons. The number of aryl methyl sites for hydroxylation is 1. The van der Waals surface area contributed by atoms with E-state index in [4.69, 9.17) is 4.74 Å². The maximum Gasteiger partial charge on any atom is 0.206 e. The summed E-state index contributed by atoms with van der Waals surface area (Å²) < 4.78 is 31.3. The van der Waals surface area contributed by atoms with Crippen LogP contribution in [0.25, 0.3) is 0 Å². The minimum Gasteiger partial charge on any atom is -0.489 e. The Labute approximate surface area is 131 Å². The zero-order valence-electron chi connectivity index (χ0n) is 12.6. The van der Waals surface area contributed by atoms with Crippen molar-refractivity contribution in [3.8, 4) is 0 Å². The lowest BCUT2D eigenvalue weighted by atomic mass is 10.1. The zero-order chi connectivity index (χ0) is 15.7. The van der Waals surface area contributed by atoms with Crippen LogP contribution in [0.1, 0.15) is 30.6 Å². The normalized spacial score (nSPS) is 18.4. The molecule has 1 atom stereocenters. The lowest BCUT2D eigenvalue weighted by Crippen LogP contribution is -2.05. The van der Waals surface area contributed by atoms with Gasteiger partial charge >= 0.3 is 0 Å². The fraction of sp³-hybridized carbons (Fsp3) is 0.222. The van der Waals surface area contributed by atoms with Crippen molar-refractivity contribution in [3.63, 3.8) is 0 Å². The Balaban J connectivity index is 1.90. The van der Waals surface area contributed by atoms with Gasteiger partial charge in [0.25, 0.3) is 0 Å². The van der Waals surface area contributed by atoms with E-state index in [-0.39, 0.29) is 6.10 Å². The van der Waals surface area contributed by atoms with Gasteiger partial charge in [0.1, 0.15) is 11.9 Å². The van der Waals surface area contributed by atoms with Crippen molar-refractivity contribution >= 4 is 9.84 Å². The largest absolute Gasteiger partial charge is 0.489 e. The molecule has 0 spiro atoms. The van der Waals surface area contributed by atoms with Crippen LogP contribution in [0.15, 0.2) is 70.2 Å². The highest BCUT2D eigenvalue weighted by molar-refractivity contribution is 7.95. The van der Waals surface area contributed by atoms with E-state index in [1.807, 2.05) is 31.2 Å². The van der Waals surface area contributed by atoms with Gasteiger partial charge in [-0.1, -0.05) is 48.0 Å². The van der Waals surface area contributed by atoms with Crippen LogP contribution in [-0.2, 0) is 14.6 Å². The number of ether oxygens (including phenoxy) is 1. The Morgan fingerprint density at radius 1 is 0.955 bits per heavy atom. The second-order valence-electron chi connectivity index (χ2n) is 5.52. The van der Waals surface area contributed by atoms with Gasteiger partial charge in [0.15, 0.2) is 0 Å². The topological polar surface area (TPSA) is 43.4 Å². The van der Waals surface area contributed by atoms with Crippen LogP contribution in [0.4, 0.5) is 0 Å². The van der Waals surface area contributed by atoms with Crippen molar-refractivity contribution in [2.45, 2.75) is 31.3 Å². The fourth-order valence-electron chi connectivity index (χ4n) is 2.64. The van der Waals surface area contributed by atoms with Gasteiger partial charge in [0.2, 0.25) is 9.84 Å². The second-order valence-corrected chi connectivity index (χ2v) is 7.49. The van der Waals surface area contributed by atoms with Crippen LogP contribution in [0.3, 0.4) is 0 Å². The van der Waals surface area contributed by atoms with Crippen LogP contribution in [0, 0.1) is 6.92 Å². The standard InChI is InChI=1S/C18H18O3S/c1-13-8-10-15(11-9-13)17-12-18(14(2)21-17)22(19,20)16-6-4-3-5-7-16/h3-11,17H,12H2,1-2H3. The second kappa shape index (κ2) is 5.61. The quantitative estimate of drug-likeness (QED) is 0.854. The van der Waals surface area contributed by atoms with Crippen molar-refractivity contribution < 1.29 is 13.2 Å². The monoisotopic (exact) mass is 314 g/mol. The van der Waals surface area contributed by atoms with Gasteiger partial charge in [0.05, 0.1) is 9.80 Å². The van der Waals surface area contributed by atoms with Crippen LogP contribution in [0.2, 0.25) is 0 Å². The van der Waals surface area contributed by atoms with Gasteiger partial charge in [-0.2, -0.15) is 0 Å². The highest BCUT2D eigenvalue weighted by Crippen LogP contribution is 2.40. The first-order chi connectivity index (χ1) is 10.5. The van der Waals surface area contributed by atoms with Crippen LogP contribution in [-0.4, -0.2) is 8.42 Å². The molecule has 0 radical (unpaired) electrons. The molecule has 0 N–H and O–H groups in total. The number of benzene rings is 2. The van der Waals surface area contributed by atoms with E-state index in [0.29, 0.717) is 22.0 Å². The first kappa shape index (κ1) is 14.9. The highest BCUT2D eigenvalue weighted by Gasteiger charge is 2.33. The lowest BCUT2D eigenvalue weighted by molar-refractivity contribution is 0.147. The lowest BCUT2D eigenvalue weighted by Gasteiger charge is -2.12. The van der Waals surface area contributed by atoms with Gasteiger partial charge < -0.3 is 4.74 Å². The van der Waals surface area contributed by atoms with Gasteiger partial charge in [-0.15, -0.1) is 0 Å². The summed E-state index contributed by atoms with van der Waals surface area (Å²) in [5.74, 6) is 0.495. The minimum atomic E-state index is -3.48. The summed E-state index contributed by atoms with van der Waals surface area (Å²) in [5, 5.41) is 0. The molecular formula is C18H18O3S. The predicted octanol–water partition coefficient (Wildman–Crippen LogP) is 4.16. The van der Waals surface area contributed by atoms with Crippen LogP contribution in [0.5, 0.6) is 0 Å². The van der Waals surface area contributed by atoms with E-state index in [1.165, 1.54) is 5.56 Å². The Bertz CT molecular complexity index is 803. The SMILES string of the molecule is CC1=C(S(=O)(=O)c2ccccc2)CC(c2ccc(C)cc2)O1. The molecule has 1 unspecified atom stereocenters. The molecule has 2 aromatic rings. The molecule has 0 aliphatic carbocycles. The summed E-state index contributed by atoms with van der Waals surface area (Å²) in [6, 6.07) is 16.5. The minimum absolute atomic E-state index is 0.228. The van der Waals surface area contributed by atoms with Crippen molar-refractivity contribution in [2.24, 2.45) is 0 Å². The van der Waals surface area contributed by atoms with E-state index in [9.17, 15) is 8.42 Å². The number of hydrogen-bond acceptors (Lipinski definition) is 3. The van der Waals surface area contributed by atoms with E-state index in [1.54, 1.807) is 37.3 Å². The summed E-state index contributed by atoms with van der Waals surface area (Å²) in [4.78, 5) is 0.696. The molecule has 0 aromatic heterocycles. The van der Waals surface area contributed by atoms with Gasteiger partial charge in [-0.3, -0.25) is 0 Å². The number of hydrogen-bond donors (Lipinski definition) is 0. The third-order valence-electron chi connectivity index (χ3n) is 3.91. The van der Waals surface area contributed by atoms with Crippen molar-refractivity contribution in [1.29, 1.82) is 0 Å². The first-order valence-corrected chi connectivity index (χ1v) is 8.70. The van der Waals surface area contributed by atoms with Crippen LogP contribution >= 0.6 is 0 Å². The maximum atomic E-state index is 12.7. The third kappa shape index (κ3) is 2.66. The Kier molecular flexibility index (Phi) is 3.79. The summed E-state index contributed by atoms with van der Waals surface area (Å²) in [6.07, 6.45) is 0.153. The molecule has 0 fully saturated rings. The molecule has 1 aliphatic rings. The Morgan fingerprint density at radius 3 is 2.23 bits per heavy atom. The molecule has 2 aromatic carbocycles. The van der Waals surface area contributed by atoms with E-state index < -0.39 is 9.84 Å². The molecule has 0 saturated heterocycles. The van der Waals surface area contributed by atoms with E-state index in [0.717, 1.165) is 5.56 Å². The average molecular weight is 314 g/mol. The van der Waals surface area contributed by atoms with Crippen molar-refractivity contribution in [1.82, 2.24) is 0 Å². The molecule has 0 amide bonds. The summed E-state index contributed by atoms with van der Waals surface area (Å²) >= 11 is 0. The fourth-order valence-corrected chi connectivity index (χ4v) is 4.24. The van der Waals surface area contributed by atoms with Crippen molar-refractivity contribution in [2.75, 3.05) is 0 Å². The van der Waals surface area contributed by atoms with E-state index in [2.05, 4.69) is 0 Å². The molecule has 1 aliphatic heterocycles. The van der Waals surface area contributed by atoms with Crippen molar-refractivity contribution in [3.05, 3.63) is 76.4 Å². The summed E-state index contributed by atoms with van der Waals surface area (Å²) in [6.45, 7) is 3.75. The van der Waals surface area contributed by atoms with E-state index >= 15 is 0 Å². The molecule has 3 rings (SSSR count). The van der Waals surface area contributed by atoms with Gasteiger partial charge in [-0.05, 0) is 31.5 Å². The number of allylic oxidation sites excluding steroid dienone is 1. The molecule has 0 saturated carbocycles. The number of sulfone groups is 1. The molecule has 22 heavy (non-hydrogen) atoms. The molecule has 1 heterocycles. The highest BCUT2D eigenvalue weighted by atomic mass is 32.2. The smallest absolute Gasteiger partial charge is 0.206 e. The Morgan fingerprint density at radius 2 is 1.59 bits per heavy atom. The average Bonchev–Trinajstić information content (AvgIpc) is 2.91. The maximum absolute atomic E-state index is 12.7. The molecule has 3 nitrogen and oxygen atoms in total. The summed E-state index contributed by atoms with van der Waals surface area (Å²) in [7, 11) is -3.48. The molecule has 4 heteroatoms. The summed E-state index contributed by atoms with van der Waals surface area (Å²) in [5.41, 5.74) is 2.17. The van der Waals surface area contributed by atoms with Gasteiger partial charge in [0, 0.05) is 6.42 Å². The van der Waals surface area contributed by atoms with Crippen LogP contribution < -0.4 is 0 Å². The third-order valence-corrected chi connectivity index (χ3v) is 5.91. The van der Waals surface area contributed by atoms with Gasteiger partial charge in [-0.25, -0.2) is 8.42 Å². The predicted molar refractivity (Wildman–Crippen MR) is 85.9 cm³/mol. The molecule has 0 bridgehead atoms. The Hall–Kier alpha value is -2.07. The first-order valence-electron chi connectivity index (χ1n) is 7.21. The number of rotatable bonds is 3. The molecular weight excluding hydrogens is 296 g/mol. The zero-order valence-corrected chi connectivity index (χ0v) is 13.4.